The van der Waals surface area contributed by atoms with Crippen molar-refractivity contribution in [2.75, 3.05) is 13.1 Å². The lowest BCUT2D eigenvalue weighted by Crippen LogP contribution is -2.48. The summed E-state index contributed by atoms with van der Waals surface area (Å²) < 4.78 is 5.96. The molecule has 3 atom stereocenters. The standard InChI is InChI=1S/C17H27NO2/c1-3-18(4-2)16-11-10-15(12-17(16)19)20-13-14-8-6-5-7-9-14/h5-9,15-17,19H,3-4,10-13H2,1-2H3/t15-,16+,17+/m1/s1. The lowest BCUT2D eigenvalue weighted by molar-refractivity contribution is -0.0591. The van der Waals surface area contributed by atoms with Crippen LogP contribution in [0.4, 0.5) is 0 Å². The Morgan fingerprint density at radius 1 is 1.15 bits per heavy atom. The number of benzene rings is 1. The van der Waals surface area contributed by atoms with Crippen LogP contribution in [0.25, 0.3) is 0 Å². The molecule has 0 saturated heterocycles. The number of aliphatic hydroxyl groups is 1. The molecule has 0 amide bonds. The molecule has 3 heteroatoms. The number of hydrogen-bond donors (Lipinski definition) is 1. The predicted molar refractivity (Wildman–Crippen MR) is 81.6 cm³/mol. The van der Waals surface area contributed by atoms with Crippen LogP contribution in [-0.2, 0) is 11.3 Å². The molecule has 1 fully saturated rings. The fourth-order valence-corrected chi connectivity index (χ4v) is 3.15. The minimum absolute atomic E-state index is 0.192. The highest BCUT2D eigenvalue weighted by Crippen LogP contribution is 2.26. The van der Waals surface area contributed by atoms with Crippen molar-refractivity contribution in [3.05, 3.63) is 35.9 Å². The smallest absolute Gasteiger partial charge is 0.0720 e. The van der Waals surface area contributed by atoms with Gasteiger partial charge in [-0.3, -0.25) is 4.90 Å². The Balaban J connectivity index is 1.80. The Kier molecular flexibility index (Phi) is 6.02. The molecule has 0 radical (unpaired) electrons. The lowest BCUT2D eigenvalue weighted by atomic mass is 9.89. The molecule has 0 unspecified atom stereocenters. The molecule has 1 aliphatic carbocycles. The summed E-state index contributed by atoms with van der Waals surface area (Å²) in [6.07, 6.45) is 2.77. The van der Waals surface area contributed by atoms with Crippen molar-refractivity contribution in [3.63, 3.8) is 0 Å². The summed E-state index contributed by atoms with van der Waals surface area (Å²) >= 11 is 0. The second-order valence-corrected chi connectivity index (χ2v) is 5.59. The van der Waals surface area contributed by atoms with Crippen LogP contribution < -0.4 is 0 Å². The van der Waals surface area contributed by atoms with Crippen LogP contribution in [0, 0.1) is 0 Å². The van der Waals surface area contributed by atoms with Crippen molar-refractivity contribution in [1.29, 1.82) is 0 Å². The van der Waals surface area contributed by atoms with Gasteiger partial charge in [-0.1, -0.05) is 44.2 Å². The van der Waals surface area contributed by atoms with Gasteiger partial charge in [-0.15, -0.1) is 0 Å². The van der Waals surface area contributed by atoms with E-state index in [2.05, 4.69) is 30.9 Å². The largest absolute Gasteiger partial charge is 0.391 e. The zero-order valence-corrected chi connectivity index (χ0v) is 12.7. The van der Waals surface area contributed by atoms with E-state index in [0.717, 1.165) is 32.4 Å². The lowest BCUT2D eigenvalue weighted by Gasteiger charge is -2.39. The average molecular weight is 277 g/mol. The van der Waals surface area contributed by atoms with E-state index in [1.807, 2.05) is 18.2 Å². The van der Waals surface area contributed by atoms with E-state index in [1.54, 1.807) is 0 Å². The number of hydrogen-bond acceptors (Lipinski definition) is 3. The second kappa shape index (κ2) is 7.77. The van der Waals surface area contributed by atoms with Gasteiger partial charge in [-0.25, -0.2) is 0 Å². The molecule has 1 aromatic rings. The predicted octanol–water partition coefficient (Wildman–Crippen LogP) is 2.83. The van der Waals surface area contributed by atoms with E-state index < -0.39 is 0 Å². The van der Waals surface area contributed by atoms with E-state index >= 15 is 0 Å². The zero-order valence-electron chi connectivity index (χ0n) is 12.7. The SMILES string of the molecule is CCN(CC)[C@H]1CC[C@@H](OCc2ccccc2)C[C@@H]1O. The Morgan fingerprint density at radius 3 is 2.45 bits per heavy atom. The first-order valence-electron chi connectivity index (χ1n) is 7.82. The van der Waals surface area contributed by atoms with Gasteiger partial charge in [0.15, 0.2) is 0 Å². The zero-order chi connectivity index (χ0) is 14.4. The topological polar surface area (TPSA) is 32.7 Å². The molecule has 0 bridgehead atoms. The van der Waals surface area contributed by atoms with E-state index in [-0.39, 0.29) is 12.2 Å². The van der Waals surface area contributed by atoms with Crippen molar-refractivity contribution in [2.45, 2.75) is 58.0 Å². The van der Waals surface area contributed by atoms with Crippen molar-refractivity contribution in [2.24, 2.45) is 0 Å². The van der Waals surface area contributed by atoms with Gasteiger partial charge in [0.25, 0.3) is 0 Å². The number of likely N-dealkylation sites (N-methyl/N-ethyl adjacent to an activating group) is 1. The van der Waals surface area contributed by atoms with Crippen LogP contribution >= 0.6 is 0 Å². The van der Waals surface area contributed by atoms with Gasteiger partial charge in [0.05, 0.1) is 18.8 Å². The first-order valence-corrected chi connectivity index (χ1v) is 7.82. The Hall–Kier alpha value is -0.900. The van der Waals surface area contributed by atoms with Gasteiger partial charge in [0, 0.05) is 12.5 Å². The number of ether oxygens (including phenoxy) is 1. The molecule has 2 rings (SSSR count). The normalized spacial score (nSPS) is 26.9. The summed E-state index contributed by atoms with van der Waals surface area (Å²) in [4.78, 5) is 2.36. The van der Waals surface area contributed by atoms with Crippen LogP contribution in [0.3, 0.4) is 0 Å². The average Bonchev–Trinajstić information content (AvgIpc) is 2.49. The van der Waals surface area contributed by atoms with Crippen LogP contribution in [0.5, 0.6) is 0 Å². The summed E-state index contributed by atoms with van der Waals surface area (Å²) in [5, 5.41) is 10.3. The fraction of sp³-hybridized carbons (Fsp3) is 0.647. The van der Waals surface area contributed by atoms with E-state index in [1.165, 1.54) is 5.56 Å². The van der Waals surface area contributed by atoms with Gasteiger partial charge >= 0.3 is 0 Å². The van der Waals surface area contributed by atoms with Crippen LogP contribution in [-0.4, -0.2) is 41.3 Å². The van der Waals surface area contributed by atoms with E-state index in [4.69, 9.17) is 4.74 Å². The maximum Gasteiger partial charge on any atom is 0.0720 e. The fourth-order valence-electron chi connectivity index (χ4n) is 3.15. The van der Waals surface area contributed by atoms with Crippen LogP contribution in [0.1, 0.15) is 38.7 Å². The monoisotopic (exact) mass is 277 g/mol. The molecule has 1 saturated carbocycles. The maximum absolute atomic E-state index is 10.3. The third kappa shape index (κ3) is 4.05. The molecule has 3 nitrogen and oxygen atoms in total. The highest BCUT2D eigenvalue weighted by molar-refractivity contribution is 5.13. The Bertz CT molecular complexity index is 378. The minimum Gasteiger partial charge on any atom is -0.391 e. The van der Waals surface area contributed by atoms with Crippen LogP contribution in [0.2, 0.25) is 0 Å². The first-order chi connectivity index (χ1) is 9.74. The molecule has 0 aliphatic heterocycles. The number of rotatable bonds is 6. The van der Waals surface area contributed by atoms with Crippen molar-refractivity contribution in [3.8, 4) is 0 Å². The van der Waals surface area contributed by atoms with Gasteiger partial charge in [-0.2, -0.15) is 0 Å². The van der Waals surface area contributed by atoms with Gasteiger partial charge < -0.3 is 9.84 Å². The highest BCUT2D eigenvalue weighted by Gasteiger charge is 2.32. The summed E-state index contributed by atoms with van der Waals surface area (Å²) in [6.45, 7) is 6.98. The highest BCUT2D eigenvalue weighted by atomic mass is 16.5. The van der Waals surface area contributed by atoms with E-state index in [9.17, 15) is 5.11 Å². The van der Waals surface area contributed by atoms with Crippen molar-refractivity contribution >= 4 is 0 Å². The van der Waals surface area contributed by atoms with Crippen molar-refractivity contribution < 1.29 is 9.84 Å². The summed E-state index contributed by atoms with van der Waals surface area (Å²) in [5.74, 6) is 0. The first kappa shape index (κ1) is 15.5. The summed E-state index contributed by atoms with van der Waals surface area (Å²) in [6, 6.07) is 10.6. The molecule has 20 heavy (non-hydrogen) atoms. The van der Waals surface area contributed by atoms with E-state index in [0.29, 0.717) is 12.6 Å². The molecule has 0 heterocycles. The number of nitrogens with zero attached hydrogens (tertiary/aromatic N) is 1. The molecule has 1 aliphatic rings. The van der Waals surface area contributed by atoms with Gasteiger partial charge in [0.2, 0.25) is 0 Å². The summed E-state index contributed by atoms with van der Waals surface area (Å²) in [5.41, 5.74) is 1.20. The van der Waals surface area contributed by atoms with Crippen molar-refractivity contribution in [1.82, 2.24) is 4.90 Å². The third-order valence-corrected chi connectivity index (χ3v) is 4.34. The molecule has 0 aromatic heterocycles. The molecular weight excluding hydrogens is 250 g/mol. The van der Waals surface area contributed by atoms with Gasteiger partial charge in [-0.05, 0) is 31.5 Å². The Labute approximate surface area is 122 Å². The molecule has 112 valence electrons. The second-order valence-electron chi connectivity index (χ2n) is 5.59. The maximum atomic E-state index is 10.3. The summed E-state index contributed by atoms with van der Waals surface area (Å²) in [7, 11) is 0. The van der Waals surface area contributed by atoms with Crippen LogP contribution in [0.15, 0.2) is 30.3 Å². The molecular formula is C17H27NO2. The third-order valence-electron chi connectivity index (χ3n) is 4.34. The quantitative estimate of drug-likeness (QED) is 0.868. The molecule has 1 aromatic carbocycles. The molecule has 0 spiro atoms. The Morgan fingerprint density at radius 2 is 1.85 bits per heavy atom. The minimum atomic E-state index is -0.260. The molecule has 1 N–H and O–H groups in total. The van der Waals surface area contributed by atoms with Gasteiger partial charge in [0.1, 0.15) is 0 Å². The number of aliphatic hydroxyl groups excluding tert-OH is 1.